The standard InChI is InChI=1S/C17H19ClN2O2/c1-11-16(12(2)22-20-11)5-6-19-9-13-7-14-8-15(18)3-4-17(14)21-10-13/h3-4,7-8,19H,5-6,9-10H2,1-2H3. The zero-order valence-corrected chi connectivity index (χ0v) is 13.5. The minimum absolute atomic E-state index is 0.618. The zero-order chi connectivity index (χ0) is 15.5. The van der Waals surface area contributed by atoms with Crippen LogP contribution in [-0.2, 0) is 6.42 Å². The normalized spacial score (nSPS) is 13.5. The summed E-state index contributed by atoms with van der Waals surface area (Å²) in [5, 5.41) is 8.14. The van der Waals surface area contributed by atoms with Gasteiger partial charge in [-0.2, -0.15) is 0 Å². The van der Waals surface area contributed by atoms with Gasteiger partial charge in [0.2, 0.25) is 0 Å². The first-order valence-corrected chi connectivity index (χ1v) is 7.75. The van der Waals surface area contributed by atoms with Crippen LogP contribution in [0.1, 0.15) is 22.6 Å². The van der Waals surface area contributed by atoms with Crippen LogP contribution in [-0.4, -0.2) is 24.9 Å². The number of fused-ring (bicyclic) bond motifs is 1. The third kappa shape index (κ3) is 3.34. The first kappa shape index (κ1) is 15.1. The molecular formula is C17H19ClN2O2. The SMILES string of the molecule is Cc1noc(C)c1CCNCC1=Cc2cc(Cl)ccc2OC1. The van der Waals surface area contributed by atoms with Crippen molar-refractivity contribution < 1.29 is 9.26 Å². The van der Waals surface area contributed by atoms with Gasteiger partial charge in [0.05, 0.1) is 5.69 Å². The van der Waals surface area contributed by atoms with Crippen LogP contribution in [0.4, 0.5) is 0 Å². The number of halogens is 1. The van der Waals surface area contributed by atoms with Gasteiger partial charge in [-0.05, 0) is 56.7 Å². The highest BCUT2D eigenvalue weighted by molar-refractivity contribution is 6.30. The second-order valence-corrected chi connectivity index (χ2v) is 5.94. The summed E-state index contributed by atoms with van der Waals surface area (Å²) in [7, 11) is 0. The Balaban J connectivity index is 1.54. The van der Waals surface area contributed by atoms with Gasteiger partial charge in [0.15, 0.2) is 0 Å². The molecule has 2 heterocycles. The van der Waals surface area contributed by atoms with Gasteiger partial charge in [-0.3, -0.25) is 0 Å². The smallest absolute Gasteiger partial charge is 0.137 e. The molecule has 5 heteroatoms. The van der Waals surface area contributed by atoms with Gasteiger partial charge in [0, 0.05) is 22.7 Å². The lowest BCUT2D eigenvalue weighted by atomic mass is 10.1. The van der Waals surface area contributed by atoms with Crippen molar-refractivity contribution in [1.82, 2.24) is 10.5 Å². The fourth-order valence-corrected chi connectivity index (χ4v) is 2.80. The molecule has 0 radical (unpaired) electrons. The van der Waals surface area contributed by atoms with Crippen LogP contribution in [0, 0.1) is 13.8 Å². The van der Waals surface area contributed by atoms with E-state index in [1.165, 1.54) is 11.1 Å². The van der Waals surface area contributed by atoms with Crippen molar-refractivity contribution in [2.24, 2.45) is 0 Å². The maximum absolute atomic E-state index is 6.02. The van der Waals surface area contributed by atoms with Gasteiger partial charge in [-0.1, -0.05) is 16.8 Å². The third-order valence-electron chi connectivity index (χ3n) is 3.83. The molecule has 1 N–H and O–H groups in total. The molecule has 0 unspecified atom stereocenters. The fourth-order valence-electron chi connectivity index (χ4n) is 2.62. The molecule has 22 heavy (non-hydrogen) atoms. The number of rotatable bonds is 5. The van der Waals surface area contributed by atoms with Crippen LogP contribution in [0.3, 0.4) is 0 Å². The van der Waals surface area contributed by atoms with E-state index in [0.717, 1.165) is 47.3 Å². The van der Waals surface area contributed by atoms with E-state index in [0.29, 0.717) is 6.61 Å². The van der Waals surface area contributed by atoms with E-state index < -0.39 is 0 Å². The van der Waals surface area contributed by atoms with Gasteiger partial charge < -0.3 is 14.6 Å². The molecule has 1 aromatic carbocycles. The number of nitrogens with one attached hydrogen (secondary N) is 1. The quantitative estimate of drug-likeness (QED) is 0.856. The molecule has 0 spiro atoms. The lowest BCUT2D eigenvalue weighted by Gasteiger charge is -2.18. The summed E-state index contributed by atoms with van der Waals surface area (Å²) in [5.41, 5.74) is 4.43. The van der Waals surface area contributed by atoms with Crippen LogP contribution in [0.25, 0.3) is 6.08 Å². The monoisotopic (exact) mass is 318 g/mol. The van der Waals surface area contributed by atoms with Crippen LogP contribution in [0.15, 0.2) is 28.3 Å². The molecule has 4 nitrogen and oxygen atoms in total. The van der Waals surface area contributed by atoms with Crippen LogP contribution < -0.4 is 10.1 Å². The number of benzene rings is 1. The Morgan fingerprint density at radius 2 is 2.18 bits per heavy atom. The van der Waals surface area contributed by atoms with Crippen molar-refractivity contribution in [2.75, 3.05) is 19.7 Å². The Labute approximate surface area is 135 Å². The second-order valence-electron chi connectivity index (χ2n) is 5.50. The lowest BCUT2D eigenvalue weighted by Crippen LogP contribution is -2.24. The number of aryl methyl sites for hydroxylation is 2. The first-order valence-electron chi connectivity index (χ1n) is 7.38. The van der Waals surface area contributed by atoms with E-state index in [-0.39, 0.29) is 0 Å². The van der Waals surface area contributed by atoms with Gasteiger partial charge in [-0.25, -0.2) is 0 Å². The van der Waals surface area contributed by atoms with Crippen molar-refractivity contribution in [3.05, 3.63) is 51.4 Å². The van der Waals surface area contributed by atoms with Crippen molar-refractivity contribution >= 4 is 17.7 Å². The van der Waals surface area contributed by atoms with Gasteiger partial charge in [0.25, 0.3) is 0 Å². The number of aromatic nitrogens is 1. The average molecular weight is 319 g/mol. The molecule has 1 aliphatic rings. The summed E-state index contributed by atoms with van der Waals surface area (Å²) < 4.78 is 10.9. The molecule has 1 aliphatic heterocycles. The molecule has 0 fully saturated rings. The highest BCUT2D eigenvalue weighted by Gasteiger charge is 2.12. The van der Waals surface area contributed by atoms with E-state index in [9.17, 15) is 0 Å². The maximum Gasteiger partial charge on any atom is 0.137 e. The topological polar surface area (TPSA) is 47.3 Å². The first-order chi connectivity index (χ1) is 10.6. The zero-order valence-electron chi connectivity index (χ0n) is 12.8. The second kappa shape index (κ2) is 6.55. The average Bonchev–Trinajstić information content (AvgIpc) is 2.82. The number of hydrogen-bond donors (Lipinski definition) is 1. The number of nitrogens with zero attached hydrogens (tertiary/aromatic N) is 1. The molecule has 116 valence electrons. The van der Waals surface area contributed by atoms with E-state index in [1.54, 1.807) is 0 Å². The third-order valence-corrected chi connectivity index (χ3v) is 4.06. The van der Waals surface area contributed by atoms with Crippen molar-refractivity contribution in [2.45, 2.75) is 20.3 Å². The molecule has 0 aliphatic carbocycles. The highest BCUT2D eigenvalue weighted by atomic mass is 35.5. The Bertz CT molecular complexity index is 687. The summed E-state index contributed by atoms with van der Waals surface area (Å²) in [6, 6.07) is 5.69. The summed E-state index contributed by atoms with van der Waals surface area (Å²) in [4.78, 5) is 0. The summed E-state index contributed by atoms with van der Waals surface area (Å²) in [5.74, 6) is 1.80. The molecular weight excluding hydrogens is 300 g/mol. The van der Waals surface area contributed by atoms with Crippen molar-refractivity contribution in [1.29, 1.82) is 0 Å². The molecule has 0 bridgehead atoms. The van der Waals surface area contributed by atoms with Crippen LogP contribution >= 0.6 is 11.6 Å². The van der Waals surface area contributed by atoms with Gasteiger partial charge in [0.1, 0.15) is 18.1 Å². The van der Waals surface area contributed by atoms with E-state index >= 15 is 0 Å². The number of ether oxygens (including phenoxy) is 1. The fraction of sp³-hybridized carbons (Fsp3) is 0.353. The Morgan fingerprint density at radius 1 is 1.32 bits per heavy atom. The number of hydrogen-bond acceptors (Lipinski definition) is 4. The molecule has 3 rings (SSSR count). The van der Waals surface area contributed by atoms with Crippen molar-refractivity contribution in [3.63, 3.8) is 0 Å². The Kier molecular flexibility index (Phi) is 4.50. The summed E-state index contributed by atoms with van der Waals surface area (Å²) in [6.45, 7) is 6.22. The predicted molar refractivity (Wildman–Crippen MR) is 87.5 cm³/mol. The molecule has 2 aromatic rings. The van der Waals surface area contributed by atoms with Gasteiger partial charge >= 0.3 is 0 Å². The Hall–Kier alpha value is -1.78. The molecule has 0 atom stereocenters. The van der Waals surface area contributed by atoms with Gasteiger partial charge in [-0.15, -0.1) is 0 Å². The van der Waals surface area contributed by atoms with Crippen LogP contribution in [0.2, 0.25) is 5.02 Å². The summed E-state index contributed by atoms with van der Waals surface area (Å²) in [6.07, 6.45) is 3.06. The maximum atomic E-state index is 6.02. The summed E-state index contributed by atoms with van der Waals surface area (Å²) >= 11 is 6.02. The van der Waals surface area contributed by atoms with E-state index in [4.69, 9.17) is 20.9 Å². The van der Waals surface area contributed by atoms with E-state index in [2.05, 4.69) is 16.5 Å². The lowest BCUT2D eigenvalue weighted by molar-refractivity contribution is 0.343. The minimum atomic E-state index is 0.618. The molecule has 1 aromatic heterocycles. The molecule has 0 saturated carbocycles. The predicted octanol–water partition coefficient (Wildman–Crippen LogP) is 3.55. The minimum Gasteiger partial charge on any atom is -0.489 e. The van der Waals surface area contributed by atoms with Crippen molar-refractivity contribution in [3.8, 4) is 5.75 Å². The molecule has 0 saturated heterocycles. The Morgan fingerprint density at radius 3 is 2.95 bits per heavy atom. The largest absolute Gasteiger partial charge is 0.489 e. The highest BCUT2D eigenvalue weighted by Crippen LogP contribution is 2.28. The van der Waals surface area contributed by atoms with Crippen LogP contribution in [0.5, 0.6) is 5.75 Å². The molecule has 0 amide bonds. The van der Waals surface area contributed by atoms with E-state index in [1.807, 2.05) is 32.0 Å².